The Hall–Kier alpha value is -1.54. The largest absolute Gasteiger partial charge is 0.466 e. The highest BCUT2D eigenvalue weighted by molar-refractivity contribution is 5.73. The maximum Gasteiger partial charge on any atom is 0.311 e. The van der Waals surface area contributed by atoms with E-state index in [9.17, 15) is 35.1 Å². The van der Waals surface area contributed by atoms with Crippen molar-refractivity contribution in [1.29, 1.82) is 0 Å². The standard InChI is InChI=1S/C43H80N2O14/c1-15-31-43(11,52)36(48)28(7)45(13)23-24(3)21-41(9,51)38(59-40-34(47)30(20-25(4)55-40)44(12)19-17-18-32(46)54-16-2)26(5)35(27(6)39(50)57-31)58-33-22-42(10,53-14)37(49)29(8)56-33/h24-31,33-38,40,47-49,51-52H,15-23H2,1-14H3/t24-,25-,26+,27-,28-,29+,30+,31-,33+,34-,35+,36-,37+,38-,40+,41-,42-,43-/m1/s1. The minimum absolute atomic E-state index is 0.105. The van der Waals surface area contributed by atoms with E-state index in [0.717, 1.165) is 0 Å². The number of likely N-dealkylation sites (N-methyl/N-ethyl adjacent to an activating group) is 2. The van der Waals surface area contributed by atoms with Crippen molar-refractivity contribution in [1.82, 2.24) is 9.80 Å². The molecule has 0 unspecified atom stereocenters. The summed E-state index contributed by atoms with van der Waals surface area (Å²) >= 11 is 0. The molecule has 0 aromatic heterocycles. The summed E-state index contributed by atoms with van der Waals surface area (Å²) in [7, 11) is 5.20. The highest BCUT2D eigenvalue weighted by atomic mass is 16.7. The smallest absolute Gasteiger partial charge is 0.311 e. The number of carbonyl (C=O) groups is 2. The van der Waals surface area contributed by atoms with Crippen LogP contribution in [0.2, 0.25) is 0 Å². The second-order valence-corrected chi connectivity index (χ2v) is 18.6. The van der Waals surface area contributed by atoms with E-state index in [0.29, 0.717) is 32.5 Å². The molecule has 0 radical (unpaired) electrons. The van der Waals surface area contributed by atoms with E-state index in [2.05, 4.69) is 0 Å². The number of hydrogen-bond acceptors (Lipinski definition) is 16. The molecule has 16 nitrogen and oxygen atoms in total. The van der Waals surface area contributed by atoms with E-state index in [4.69, 9.17) is 33.2 Å². The molecule has 0 spiro atoms. The minimum Gasteiger partial charge on any atom is -0.466 e. The van der Waals surface area contributed by atoms with Gasteiger partial charge in [0.25, 0.3) is 0 Å². The Balaban J connectivity index is 2.12. The number of nitrogens with zero attached hydrogens (tertiary/aromatic N) is 2. The molecule has 3 aliphatic heterocycles. The molecular weight excluding hydrogens is 768 g/mol. The van der Waals surface area contributed by atoms with Crippen molar-refractivity contribution in [2.24, 2.45) is 17.8 Å². The molecule has 0 aromatic carbocycles. The normalized spacial score (nSPS) is 45.0. The van der Waals surface area contributed by atoms with Gasteiger partial charge in [-0.1, -0.05) is 20.8 Å². The van der Waals surface area contributed by atoms with Gasteiger partial charge >= 0.3 is 11.9 Å². The van der Waals surface area contributed by atoms with Crippen LogP contribution in [0.4, 0.5) is 0 Å². The van der Waals surface area contributed by atoms with Crippen molar-refractivity contribution in [3.05, 3.63) is 0 Å². The molecule has 3 heterocycles. The van der Waals surface area contributed by atoms with Crippen LogP contribution in [0.1, 0.15) is 115 Å². The van der Waals surface area contributed by atoms with Crippen LogP contribution in [0.15, 0.2) is 0 Å². The van der Waals surface area contributed by atoms with Crippen LogP contribution >= 0.6 is 0 Å². The molecule has 346 valence electrons. The molecule has 3 fully saturated rings. The van der Waals surface area contributed by atoms with Crippen LogP contribution in [0.25, 0.3) is 0 Å². The number of carbonyl (C=O) groups excluding carboxylic acids is 2. The Bertz CT molecular complexity index is 1320. The number of esters is 2. The molecule has 18 atom stereocenters. The number of cyclic esters (lactones) is 1. The van der Waals surface area contributed by atoms with Gasteiger partial charge in [-0.3, -0.25) is 9.59 Å². The molecule has 3 aliphatic rings. The fourth-order valence-electron chi connectivity index (χ4n) is 9.53. The van der Waals surface area contributed by atoms with Crippen LogP contribution < -0.4 is 0 Å². The van der Waals surface area contributed by atoms with E-state index in [-0.39, 0.29) is 43.7 Å². The summed E-state index contributed by atoms with van der Waals surface area (Å²) < 4.78 is 42.9. The first-order valence-corrected chi connectivity index (χ1v) is 21.8. The monoisotopic (exact) mass is 849 g/mol. The number of aliphatic hydroxyl groups is 5. The highest BCUT2D eigenvalue weighted by Crippen LogP contribution is 2.40. The molecule has 3 rings (SSSR count). The first-order valence-electron chi connectivity index (χ1n) is 21.8. The molecule has 5 N–H and O–H groups in total. The number of aliphatic hydroxyl groups excluding tert-OH is 3. The van der Waals surface area contributed by atoms with Gasteiger partial charge in [-0.2, -0.15) is 0 Å². The van der Waals surface area contributed by atoms with Crippen LogP contribution in [-0.2, 0) is 42.7 Å². The minimum atomic E-state index is -1.83. The van der Waals surface area contributed by atoms with Crippen molar-refractivity contribution in [3.63, 3.8) is 0 Å². The third-order valence-electron chi connectivity index (χ3n) is 13.3. The predicted molar refractivity (Wildman–Crippen MR) is 219 cm³/mol. The average molecular weight is 849 g/mol. The van der Waals surface area contributed by atoms with Crippen molar-refractivity contribution in [3.8, 4) is 0 Å². The first-order chi connectivity index (χ1) is 27.3. The van der Waals surface area contributed by atoms with Crippen LogP contribution in [0.5, 0.6) is 0 Å². The van der Waals surface area contributed by atoms with Crippen molar-refractivity contribution >= 4 is 11.9 Å². The van der Waals surface area contributed by atoms with E-state index >= 15 is 0 Å². The maximum absolute atomic E-state index is 14.3. The zero-order valence-corrected chi connectivity index (χ0v) is 38.3. The Kier molecular flexibility index (Phi) is 19.1. The SMILES string of the molecule is CCOC(=O)CCCN(C)[C@H]1C[C@@H](C)O[C@@H](O[C@@H]2[C@@H](C)[C@H](O[C@H]3C[C@@](C)(OC)[C@@H](O)[C@H](C)O3)[C@@H](C)C(=O)O[C@H](CC)[C@@](C)(O)[C@H](O)[C@@H](C)N(C)C[C@H](C)C[C@@]2(C)O)[C@@H]1O. The summed E-state index contributed by atoms with van der Waals surface area (Å²) in [5.41, 5.74) is -4.50. The van der Waals surface area contributed by atoms with E-state index in [1.54, 1.807) is 55.4 Å². The molecule has 0 saturated carbocycles. The van der Waals surface area contributed by atoms with Crippen molar-refractivity contribution < 1.29 is 68.3 Å². The summed E-state index contributed by atoms with van der Waals surface area (Å²) in [6, 6.07) is -0.979. The molecule has 0 amide bonds. The maximum atomic E-state index is 14.3. The van der Waals surface area contributed by atoms with Gasteiger partial charge in [0, 0.05) is 44.5 Å². The van der Waals surface area contributed by atoms with Gasteiger partial charge in [0.15, 0.2) is 12.6 Å². The van der Waals surface area contributed by atoms with Gasteiger partial charge in [-0.25, -0.2) is 0 Å². The first kappa shape index (κ1) is 51.8. The summed E-state index contributed by atoms with van der Waals surface area (Å²) in [6.45, 7) is 20.4. The quantitative estimate of drug-likeness (QED) is 0.179. The molecule has 59 heavy (non-hydrogen) atoms. The van der Waals surface area contributed by atoms with Gasteiger partial charge in [0.05, 0.1) is 48.1 Å². The van der Waals surface area contributed by atoms with Gasteiger partial charge in [0.1, 0.15) is 30.0 Å². The summed E-state index contributed by atoms with van der Waals surface area (Å²) in [5.74, 6) is -3.03. The average Bonchev–Trinajstić information content (AvgIpc) is 3.16. The second kappa shape index (κ2) is 21.7. The fraction of sp³-hybridized carbons (Fsp3) is 0.953. The molecule has 0 aliphatic carbocycles. The van der Waals surface area contributed by atoms with Crippen molar-refractivity contribution in [2.45, 2.75) is 205 Å². The number of hydrogen-bond donors (Lipinski definition) is 5. The van der Waals surface area contributed by atoms with Crippen LogP contribution in [0, 0.1) is 17.8 Å². The van der Waals surface area contributed by atoms with Gasteiger partial charge in [0.2, 0.25) is 0 Å². The zero-order chi connectivity index (χ0) is 44.8. The zero-order valence-electron chi connectivity index (χ0n) is 38.3. The fourth-order valence-corrected chi connectivity index (χ4v) is 9.53. The lowest BCUT2D eigenvalue weighted by atomic mass is 9.77. The lowest BCUT2D eigenvalue weighted by molar-refractivity contribution is -0.318. The second-order valence-electron chi connectivity index (χ2n) is 18.6. The topological polar surface area (TPSA) is 206 Å². The van der Waals surface area contributed by atoms with E-state index < -0.39 is 102 Å². The van der Waals surface area contributed by atoms with Gasteiger partial charge < -0.3 is 68.5 Å². The Morgan fingerprint density at radius 2 is 1.61 bits per heavy atom. The number of methoxy groups -OCH3 is 1. The molecule has 0 bridgehead atoms. The predicted octanol–water partition coefficient (Wildman–Crippen LogP) is 2.61. The molecule has 0 aromatic rings. The third-order valence-corrected chi connectivity index (χ3v) is 13.3. The number of ether oxygens (including phenoxy) is 7. The van der Waals surface area contributed by atoms with E-state index in [1.807, 2.05) is 37.7 Å². The van der Waals surface area contributed by atoms with E-state index in [1.165, 1.54) is 14.0 Å². The summed E-state index contributed by atoms with van der Waals surface area (Å²) in [4.78, 5) is 30.3. The van der Waals surface area contributed by atoms with Gasteiger partial charge in [-0.05, 0) is 108 Å². The molecule has 16 heteroatoms. The lowest BCUT2D eigenvalue weighted by Gasteiger charge is -2.49. The highest BCUT2D eigenvalue weighted by Gasteiger charge is 2.52. The lowest BCUT2D eigenvalue weighted by Crippen LogP contribution is -2.60. The Labute approximate surface area is 353 Å². The van der Waals surface area contributed by atoms with Gasteiger partial charge in [-0.15, -0.1) is 0 Å². The van der Waals surface area contributed by atoms with Crippen molar-refractivity contribution in [2.75, 3.05) is 40.9 Å². The Morgan fingerprint density at radius 1 is 0.966 bits per heavy atom. The third kappa shape index (κ3) is 12.8. The van der Waals surface area contributed by atoms with Crippen LogP contribution in [0.3, 0.4) is 0 Å². The summed E-state index contributed by atoms with van der Waals surface area (Å²) in [5, 5.41) is 58.9. The molecule has 3 saturated heterocycles. The molecular formula is C43H80N2O14. The van der Waals surface area contributed by atoms with Crippen LogP contribution in [-0.4, -0.2) is 178 Å². The Morgan fingerprint density at radius 3 is 2.20 bits per heavy atom. The number of rotatable bonds is 12. The summed E-state index contributed by atoms with van der Waals surface area (Å²) in [6.07, 6.45) is -8.19.